The van der Waals surface area contributed by atoms with Gasteiger partial charge in [0.2, 0.25) is 0 Å². The van der Waals surface area contributed by atoms with E-state index in [0.29, 0.717) is 11.4 Å². The molecule has 0 radical (unpaired) electrons. The second-order valence-electron chi connectivity index (χ2n) is 4.68. The summed E-state index contributed by atoms with van der Waals surface area (Å²) < 4.78 is 10.5. The third-order valence-electron chi connectivity index (χ3n) is 3.25. The van der Waals surface area contributed by atoms with Crippen molar-refractivity contribution in [1.82, 2.24) is 0 Å². The lowest BCUT2D eigenvalue weighted by Crippen LogP contribution is -2.12. The second-order valence-corrected chi connectivity index (χ2v) is 4.68. The molecular formula is C15H20ClNO3. The molecule has 0 aliphatic heterocycles. The van der Waals surface area contributed by atoms with Crippen LogP contribution in [-0.2, 0) is 9.53 Å². The number of benzene rings is 1. The summed E-state index contributed by atoms with van der Waals surface area (Å²) in [6.45, 7) is 0. The molecule has 0 spiro atoms. The highest BCUT2D eigenvalue weighted by molar-refractivity contribution is 5.87. The summed E-state index contributed by atoms with van der Waals surface area (Å²) in [4.78, 5) is 11.1. The predicted molar refractivity (Wildman–Crippen MR) is 82.0 cm³/mol. The van der Waals surface area contributed by atoms with Crippen LogP contribution >= 0.6 is 12.4 Å². The van der Waals surface area contributed by atoms with E-state index < -0.39 is 0 Å². The minimum absolute atomic E-state index is 0. The van der Waals surface area contributed by atoms with Crippen molar-refractivity contribution in [2.45, 2.75) is 31.8 Å². The van der Waals surface area contributed by atoms with Crippen LogP contribution in [0.5, 0.6) is 5.75 Å². The van der Waals surface area contributed by atoms with Crippen molar-refractivity contribution in [3.63, 3.8) is 0 Å². The molecule has 0 atom stereocenters. The Balaban J connectivity index is 0.00000200. The largest absolute Gasteiger partial charge is 0.488 e. The first-order chi connectivity index (χ1) is 9.19. The van der Waals surface area contributed by atoms with Crippen LogP contribution < -0.4 is 10.5 Å². The number of ether oxygens (including phenoxy) is 2. The fourth-order valence-corrected chi connectivity index (χ4v) is 2.17. The summed E-state index contributed by atoms with van der Waals surface area (Å²) in [5.41, 5.74) is 7.40. The Hall–Kier alpha value is -1.68. The number of esters is 1. The first kappa shape index (κ1) is 16.4. The number of hydrogen-bond acceptors (Lipinski definition) is 4. The molecule has 0 saturated heterocycles. The molecule has 0 bridgehead atoms. The van der Waals surface area contributed by atoms with E-state index in [2.05, 4.69) is 4.74 Å². The van der Waals surface area contributed by atoms with Crippen molar-refractivity contribution in [3.8, 4) is 5.75 Å². The fourth-order valence-electron chi connectivity index (χ4n) is 2.17. The van der Waals surface area contributed by atoms with Crippen molar-refractivity contribution in [3.05, 3.63) is 29.8 Å². The van der Waals surface area contributed by atoms with Crippen molar-refractivity contribution < 1.29 is 14.3 Å². The number of halogens is 1. The molecule has 1 saturated carbocycles. The van der Waals surface area contributed by atoms with Crippen LogP contribution in [-0.4, -0.2) is 19.2 Å². The van der Waals surface area contributed by atoms with Gasteiger partial charge in [-0.2, -0.15) is 0 Å². The van der Waals surface area contributed by atoms with Gasteiger partial charge in [-0.3, -0.25) is 0 Å². The fraction of sp³-hybridized carbons (Fsp3) is 0.400. The third-order valence-corrected chi connectivity index (χ3v) is 3.25. The maximum absolute atomic E-state index is 11.1. The average molecular weight is 298 g/mol. The van der Waals surface area contributed by atoms with E-state index in [1.54, 1.807) is 12.1 Å². The van der Waals surface area contributed by atoms with Gasteiger partial charge in [-0.15, -0.1) is 12.4 Å². The molecule has 0 heterocycles. The quantitative estimate of drug-likeness (QED) is 0.527. The Bertz CT molecular complexity index is 482. The van der Waals surface area contributed by atoms with Crippen LogP contribution in [0.4, 0.5) is 5.69 Å². The van der Waals surface area contributed by atoms with E-state index in [1.807, 2.05) is 12.1 Å². The molecule has 4 nitrogen and oxygen atoms in total. The molecule has 1 aromatic carbocycles. The Labute approximate surface area is 125 Å². The molecule has 20 heavy (non-hydrogen) atoms. The molecule has 1 fully saturated rings. The van der Waals surface area contributed by atoms with Crippen LogP contribution in [0, 0.1) is 0 Å². The number of rotatable bonds is 4. The summed E-state index contributed by atoms with van der Waals surface area (Å²) in [6.07, 6.45) is 7.93. The van der Waals surface area contributed by atoms with Crippen molar-refractivity contribution >= 4 is 30.1 Å². The number of nitrogens with two attached hydrogens (primary N) is 1. The van der Waals surface area contributed by atoms with E-state index in [1.165, 1.54) is 26.0 Å². The predicted octanol–water partition coefficient (Wildman–Crippen LogP) is 3.20. The zero-order chi connectivity index (χ0) is 13.7. The molecule has 5 heteroatoms. The van der Waals surface area contributed by atoms with Gasteiger partial charge in [0, 0.05) is 6.08 Å². The molecule has 0 aromatic heterocycles. The van der Waals surface area contributed by atoms with Crippen molar-refractivity contribution in [2.24, 2.45) is 0 Å². The number of carbonyl (C=O) groups is 1. The van der Waals surface area contributed by atoms with Gasteiger partial charge in [-0.25, -0.2) is 4.79 Å². The van der Waals surface area contributed by atoms with Gasteiger partial charge in [0.1, 0.15) is 5.75 Å². The van der Waals surface area contributed by atoms with Crippen LogP contribution in [0.15, 0.2) is 24.3 Å². The van der Waals surface area contributed by atoms with Gasteiger partial charge in [0.25, 0.3) is 0 Å². The smallest absolute Gasteiger partial charge is 0.330 e. The number of hydrogen-bond donors (Lipinski definition) is 1. The Morgan fingerprint density at radius 2 is 2.05 bits per heavy atom. The van der Waals surface area contributed by atoms with Crippen LogP contribution in [0.3, 0.4) is 0 Å². The molecule has 110 valence electrons. The Morgan fingerprint density at radius 3 is 2.70 bits per heavy atom. The highest BCUT2D eigenvalue weighted by Gasteiger charge is 2.17. The number of carbonyl (C=O) groups excluding carboxylic acids is 1. The van der Waals surface area contributed by atoms with Crippen LogP contribution in [0.1, 0.15) is 31.2 Å². The van der Waals surface area contributed by atoms with E-state index >= 15 is 0 Å². The normalized spacial score (nSPS) is 15.1. The maximum Gasteiger partial charge on any atom is 0.330 e. The standard InChI is InChI=1S/C15H19NO3.ClH/c1-18-15(17)9-7-11-6-8-13(16)14(10-11)19-12-4-2-3-5-12;/h6-10,12H,2-5,16H2,1H3;1H. The zero-order valence-electron chi connectivity index (χ0n) is 11.5. The van der Waals surface area contributed by atoms with E-state index in [4.69, 9.17) is 10.5 Å². The maximum atomic E-state index is 11.1. The lowest BCUT2D eigenvalue weighted by molar-refractivity contribution is -0.134. The first-order valence-corrected chi connectivity index (χ1v) is 6.51. The zero-order valence-corrected chi connectivity index (χ0v) is 12.3. The topological polar surface area (TPSA) is 61.5 Å². The number of anilines is 1. The lowest BCUT2D eigenvalue weighted by Gasteiger charge is -2.15. The molecule has 0 amide bonds. The summed E-state index contributed by atoms with van der Waals surface area (Å²) in [5, 5.41) is 0. The molecule has 0 unspecified atom stereocenters. The Kier molecular flexibility index (Phi) is 6.39. The van der Waals surface area contributed by atoms with Crippen molar-refractivity contribution in [1.29, 1.82) is 0 Å². The van der Waals surface area contributed by atoms with Gasteiger partial charge >= 0.3 is 5.97 Å². The molecular weight excluding hydrogens is 278 g/mol. The molecule has 2 rings (SSSR count). The average Bonchev–Trinajstić information content (AvgIpc) is 2.92. The van der Waals surface area contributed by atoms with Gasteiger partial charge in [-0.1, -0.05) is 6.07 Å². The van der Waals surface area contributed by atoms with Gasteiger partial charge in [0.05, 0.1) is 18.9 Å². The second kappa shape index (κ2) is 7.80. The minimum Gasteiger partial charge on any atom is -0.488 e. The van der Waals surface area contributed by atoms with Crippen molar-refractivity contribution in [2.75, 3.05) is 12.8 Å². The van der Waals surface area contributed by atoms with Gasteiger partial charge < -0.3 is 15.2 Å². The van der Waals surface area contributed by atoms with E-state index in [9.17, 15) is 4.79 Å². The van der Waals surface area contributed by atoms with Gasteiger partial charge in [0.15, 0.2) is 0 Å². The molecule has 2 N–H and O–H groups in total. The molecule has 1 aliphatic rings. The third kappa shape index (κ3) is 4.46. The summed E-state index contributed by atoms with van der Waals surface area (Å²) in [6, 6.07) is 5.49. The molecule has 1 aromatic rings. The SMILES string of the molecule is COC(=O)C=Cc1ccc(N)c(OC2CCCC2)c1.Cl. The highest BCUT2D eigenvalue weighted by Crippen LogP contribution is 2.29. The van der Waals surface area contributed by atoms with Crippen LogP contribution in [0.2, 0.25) is 0 Å². The first-order valence-electron chi connectivity index (χ1n) is 6.51. The minimum atomic E-state index is -0.380. The number of nitrogen functional groups attached to an aromatic ring is 1. The van der Waals surface area contributed by atoms with E-state index in [0.717, 1.165) is 18.4 Å². The van der Waals surface area contributed by atoms with Gasteiger partial charge in [-0.05, 0) is 49.5 Å². The summed E-state index contributed by atoms with van der Waals surface area (Å²) in [5.74, 6) is 0.314. The van der Waals surface area contributed by atoms with E-state index in [-0.39, 0.29) is 24.5 Å². The molecule has 1 aliphatic carbocycles. The Morgan fingerprint density at radius 1 is 1.35 bits per heavy atom. The number of methoxy groups -OCH3 is 1. The lowest BCUT2D eigenvalue weighted by atomic mass is 10.1. The summed E-state index contributed by atoms with van der Waals surface area (Å²) >= 11 is 0. The highest BCUT2D eigenvalue weighted by atomic mass is 35.5. The van der Waals surface area contributed by atoms with Crippen LogP contribution in [0.25, 0.3) is 6.08 Å². The summed E-state index contributed by atoms with van der Waals surface area (Å²) in [7, 11) is 1.35. The monoisotopic (exact) mass is 297 g/mol.